The lowest BCUT2D eigenvalue weighted by atomic mass is 9.87. The van der Waals surface area contributed by atoms with E-state index in [2.05, 4.69) is 20.5 Å². The first-order chi connectivity index (χ1) is 21.6. The molecule has 1 aliphatic heterocycles. The first-order valence-electron chi connectivity index (χ1n) is 14.3. The number of pyridine rings is 1. The van der Waals surface area contributed by atoms with Crippen molar-refractivity contribution in [3.05, 3.63) is 95.4 Å². The van der Waals surface area contributed by atoms with E-state index in [1.807, 2.05) is 12.1 Å². The number of amides is 2. The van der Waals surface area contributed by atoms with Crippen LogP contribution in [0.25, 0.3) is 11.1 Å². The molecule has 2 aromatic heterocycles. The molecule has 1 saturated carbocycles. The average molecular weight is 632 g/mol. The summed E-state index contributed by atoms with van der Waals surface area (Å²) in [5, 5.41) is 30.1. The highest BCUT2D eigenvalue weighted by molar-refractivity contribution is 6.31. The van der Waals surface area contributed by atoms with Crippen molar-refractivity contribution in [1.29, 1.82) is 5.26 Å². The summed E-state index contributed by atoms with van der Waals surface area (Å²) in [7, 11) is 0. The van der Waals surface area contributed by atoms with Crippen molar-refractivity contribution in [2.24, 2.45) is 0 Å². The van der Waals surface area contributed by atoms with E-state index in [1.54, 1.807) is 54.9 Å². The Morgan fingerprint density at radius 3 is 2.64 bits per heavy atom. The zero-order chi connectivity index (χ0) is 31.7. The predicted octanol–water partition coefficient (Wildman–Crippen LogP) is 4.97. The van der Waals surface area contributed by atoms with Crippen molar-refractivity contribution in [3.63, 3.8) is 0 Å². The van der Waals surface area contributed by atoms with Crippen molar-refractivity contribution in [1.82, 2.24) is 20.5 Å². The zero-order valence-corrected chi connectivity index (χ0v) is 24.5. The summed E-state index contributed by atoms with van der Waals surface area (Å²) in [4.78, 5) is 36.0. The number of halogens is 3. The van der Waals surface area contributed by atoms with Crippen LogP contribution in [0, 0.1) is 11.3 Å². The first kappa shape index (κ1) is 30.2. The number of anilines is 2. The molecule has 0 radical (unpaired) electrons. The topological polar surface area (TPSA) is 138 Å². The number of hydrogen-bond donors (Lipinski definition) is 3. The molecule has 45 heavy (non-hydrogen) atoms. The Balaban J connectivity index is 1.47. The van der Waals surface area contributed by atoms with Crippen molar-refractivity contribution in [2.45, 2.75) is 56.0 Å². The quantitative estimate of drug-likeness (QED) is 0.250. The number of aliphatic hydroxyl groups excluding tert-OH is 1. The lowest BCUT2D eigenvalue weighted by Crippen LogP contribution is -2.56. The van der Waals surface area contributed by atoms with Crippen molar-refractivity contribution < 1.29 is 23.5 Å². The van der Waals surface area contributed by atoms with Gasteiger partial charge in [-0.1, -0.05) is 41.9 Å². The highest BCUT2D eigenvalue weighted by Gasteiger charge is 2.48. The third kappa shape index (κ3) is 6.09. The Kier molecular flexibility index (Phi) is 8.22. The van der Waals surface area contributed by atoms with Crippen LogP contribution in [0.2, 0.25) is 5.02 Å². The van der Waals surface area contributed by atoms with Gasteiger partial charge in [0.2, 0.25) is 5.91 Å². The predicted molar refractivity (Wildman–Crippen MR) is 162 cm³/mol. The van der Waals surface area contributed by atoms with E-state index in [1.165, 1.54) is 28.1 Å². The minimum atomic E-state index is -2.88. The molecule has 1 saturated heterocycles. The molecule has 3 N–H and O–H groups in total. The van der Waals surface area contributed by atoms with Crippen LogP contribution in [-0.4, -0.2) is 56.3 Å². The summed E-state index contributed by atoms with van der Waals surface area (Å²) in [6.45, 7) is 0. The summed E-state index contributed by atoms with van der Waals surface area (Å²) >= 11 is 6.64. The van der Waals surface area contributed by atoms with Gasteiger partial charge in [-0.15, -0.1) is 0 Å². The molecule has 0 bridgehead atoms. The molecule has 0 spiro atoms. The van der Waals surface area contributed by atoms with E-state index in [0.717, 1.165) is 5.56 Å². The first-order valence-corrected chi connectivity index (χ1v) is 14.7. The molecule has 2 aromatic carbocycles. The molecular formula is C32H28ClF2N7O3. The number of H-pyrrole nitrogens is 1. The second-order valence-corrected chi connectivity index (χ2v) is 11.5. The summed E-state index contributed by atoms with van der Waals surface area (Å²) in [6.07, 6.45) is 3.03. The van der Waals surface area contributed by atoms with E-state index in [0.29, 0.717) is 22.4 Å². The fraction of sp³-hybridized carbons (Fsp3) is 0.281. The third-order valence-corrected chi connectivity index (χ3v) is 8.46. The Morgan fingerprint density at radius 1 is 1.13 bits per heavy atom. The molecule has 4 aromatic rings. The fourth-order valence-corrected chi connectivity index (χ4v) is 6.16. The number of carbonyl (C=O) groups is 2. The number of carbonyl (C=O) groups excluding carboxylic acids is 2. The second kappa shape index (κ2) is 12.3. The van der Waals surface area contributed by atoms with E-state index < -0.39 is 54.9 Å². The van der Waals surface area contributed by atoms with Gasteiger partial charge in [-0.25, -0.2) is 13.8 Å². The second-order valence-electron chi connectivity index (χ2n) is 11.1. The van der Waals surface area contributed by atoms with Gasteiger partial charge in [-0.3, -0.25) is 19.6 Å². The van der Waals surface area contributed by atoms with Gasteiger partial charge in [0.05, 0.1) is 17.8 Å². The number of aliphatic hydroxyl groups is 1. The third-order valence-electron chi connectivity index (χ3n) is 8.12. The van der Waals surface area contributed by atoms with Gasteiger partial charge in [-0.05, 0) is 48.7 Å². The number of hydrogen-bond acceptors (Lipinski definition) is 7. The number of nitriles is 1. The van der Waals surface area contributed by atoms with Crippen LogP contribution in [0.5, 0.6) is 0 Å². The van der Waals surface area contributed by atoms with Crippen LogP contribution in [0.3, 0.4) is 0 Å². The van der Waals surface area contributed by atoms with Gasteiger partial charge < -0.3 is 15.3 Å². The molecule has 6 rings (SSSR count). The van der Waals surface area contributed by atoms with Gasteiger partial charge in [-0.2, -0.15) is 10.4 Å². The molecule has 2 aliphatic rings. The minimum Gasteiger partial charge on any atom is -0.374 e. The fourth-order valence-electron chi connectivity index (χ4n) is 5.92. The molecular weight excluding hydrogens is 604 g/mol. The maximum absolute atomic E-state index is 14.8. The van der Waals surface area contributed by atoms with E-state index >= 15 is 0 Å². The summed E-state index contributed by atoms with van der Waals surface area (Å²) in [5.41, 5.74) is 2.34. The Labute approximate surface area is 262 Å². The number of alkyl halides is 2. The zero-order valence-electron chi connectivity index (χ0n) is 23.8. The molecule has 3 heterocycles. The van der Waals surface area contributed by atoms with E-state index in [4.69, 9.17) is 11.6 Å². The molecule has 3 atom stereocenters. The number of benzene rings is 2. The van der Waals surface area contributed by atoms with Gasteiger partial charge in [0.25, 0.3) is 11.8 Å². The molecule has 1 aliphatic carbocycles. The molecule has 13 heteroatoms. The van der Waals surface area contributed by atoms with Crippen LogP contribution in [0.4, 0.5) is 20.3 Å². The lowest BCUT2D eigenvalue weighted by molar-refractivity contribution is -0.133. The average Bonchev–Trinajstić information content (AvgIpc) is 3.70. The van der Waals surface area contributed by atoms with Crippen LogP contribution in [0.15, 0.2) is 79.3 Å². The van der Waals surface area contributed by atoms with Crippen molar-refractivity contribution in [3.8, 4) is 17.2 Å². The Morgan fingerprint density at radius 2 is 1.93 bits per heavy atom. The highest BCUT2D eigenvalue weighted by Crippen LogP contribution is 2.40. The lowest BCUT2D eigenvalue weighted by Gasteiger charge is -2.39. The van der Waals surface area contributed by atoms with E-state index in [9.17, 15) is 28.7 Å². The number of aromatic nitrogens is 3. The summed E-state index contributed by atoms with van der Waals surface area (Å²) in [5.74, 6) is -3.89. The monoisotopic (exact) mass is 631 g/mol. The Hall–Kier alpha value is -4.86. The smallest absolute Gasteiger partial charge is 0.252 e. The van der Waals surface area contributed by atoms with Crippen LogP contribution >= 0.6 is 11.6 Å². The normalized spacial score (nSPS) is 19.8. The highest BCUT2D eigenvalue weighted by atomic mass is 35.5. The van der Waals surface area contributed by atoms with Crippen LogP contribution in [0.1, 0.15) is 42.9 Å². The van der Waals surface area contributed by atoms with Crippen molar-refractivity contribution in [2.75, 3.05) is 9.80 Å². The van der Waals surface area contributed by atoms with Gasteiger partial charge >= 0.3 is 0 Å². The number of rotatable bonds is 8. The number of nitrogens with zero attached hydrogens (tertiary/aromatic N) is 5. The van der Waals surface area contributed by atoms with Crippen LogP contribution in [-0.2, 0) is 9.59 Å². The van der Waals surface area contributed by atoms with E-state index in [-0.39, 0.29) is 23.7 Å². The molecule has 1 unspecified atom stereocenters. The molecule has 230 valence electrons. The maximum atomic E-state index is 14.8. The van der Waals surface area contributed by atoms with Gasteiger partial charge in [0.15, 0.2) is 0 Å². The molecule has 10 nitrogen and oxygen atoms in total. The Bertz CT molecular complexity index is 1760. The number of aromatic amines is 1. The molecule has 2 amide bonds. The van der Waals surface area contributed by atoms with Gasteiger partial charge in [0, 0.05) is 53.1 Å². The maximum Gasteiger partial charge on any atom is 0.252 e. The largest absolute Gasteiger partial charge is 0.374 e. The SMILES string of the molecule is N#Cc1ccnc(N2C(O)CC[C@H]2C(=O)N(c2cccc(-c3cn[nH]c3)c2)[C@H](C(=O)NC2CC(F)(F)C2)c2ccccc2Cl)c1. The summed E-state index contributed by atoms with van der Waals surface area (Å²) < 4.78 is 27.5. The number of nitrogens with one attached hydrogen (secondary N) is 2. The van der Waals surface area contributed by atoms with Crippen molar-refractivity contribution >= 4 is 34.9 Å². The van der Waals surface area contributed by atoms with Gasteiger partial charge in [0.1, 0.15) is 24.1 Å². The summed E-state index contributed by atoms with van der Waals surface area (Å²) in [6, 6.07) is 15.4. The minimum absolute atomic E-state index is 0.201. The molecule has 2 fully saturated rings. The van der Waals surface area contributed by atoms with Crippen LogP contribution < -0.4 is 15.1 Å². The standard InChI is InChI=1S/C32H28ClF2N7O3/c33-25-7-2-1-6-24(25)29(30(44)40-22-14-32(34,35)15-22)41(23-5-3-4-20(13-23)21-17-38-39-18-21)31(45)26-8-9-28(43)42(26)27-12-19(16-36)10-11-37-27/h1-7,10-13,17-18,22,26,28-29,43H,8-9,14-15H2,(H,38,39)(H,40,44)/t26-,28?,29-/m0/s1.